The Morgan fingerprint density at radius 3 is 2.26 bits per heavy atom. The van der Waals surface area contributed by atoms with Crippen molar-refractivity contribution >= 4 is 17.4 Å². The number of methoxy groups -OCH3 is 2. The van der Waals surface area contributed by atoms with Gasteiger partial charge in [0, 0.05) is 6.92 Å². The van der Waals surface area contributed by atoms with Crippen molar-refractivity contribution in [3.05, 3.63) is 5.69 Å². The van der Waals surface area contributed by atoms with Crippen molar-refractivity contribution in [2.45, 2.75) is 51.9 Å². The smallest absolute Gasteiger partial charge is 0.319 e. The number of hydrogen-bond donors (Lipinski definition) is 1. The summed E-state index contributed by atoms with van der Waals surface area (Å²) in [4.78, 5) is 25.0. The first kappa shape index (κ1) is 17.2. The van der Waals surface area contributed by atoms with E-state index in [0.29, 0.717) is 17.4 Å². The third kappa shape index (κ3) is 3.00. The first-order valence-electron chi connectivity index (χ1n) is 7.89. The van der Waals surface area contributed by atoms with E-state index < -0.39 is 5.41 Å². The fraction of sp³-hybridized carbons (Fsp3) is 0.625. The average molecular weight is 320 g/mol. The van der Waals surface area contributed by atoms with Gasteiger partial charge in [0.05, 0.1) is 25.3 Å². The van der Waals surface area contributed by atoms with Crippen LogP contribution >= 0.6 is 0 Å². The maximum Gasteiger partial charge on any atom is 0.319 e. The zero-order valence-electron chi connectivity index (χ0n) is 14.4. The number of ether oxygens (including phenoxy) is 2. The predicted octanol–water partition coefficient (Wildman–Crippen LogP) is 2.51. The lowest BCUT2D eigenvalue weighted by Crippen LogP contribution is -2.44. The number of rotatable bonds is 6. The summed E-state index contributed by atoms with van der Waals surface area (Å²) in [5.74, 6) is 0.848. The Bertz CT molecular complexity index is 622. The lowest BCUT2D eigenvalue weighted by atomic mass is 9.76. The maximum atomic E-state index is 11.6. The molecule has 1 aromatic heterocycles. The number of carbonyl (C=O) groups excluding carboxylic acids is 1. The largest absolute Gasteiger partial charge is 0.479 e. The molecule has 0 atom stereocenters. The fourth-order valence-corrected chi connectivity index (χ4v) is 3.18. The van der Waals surface area contributed by atoms with Crippen LogP contribution in [0.3, 0.4) is 0 Å². The number of amidine groups is 1. The highest BCUT2D eigenvalue weighted by Crippen LogP contribution is 2.48. The van der Waals surface area contributed by atoms with Crippen molar-refractivity contribution < 1.29 is 14.3 Å². The van der Waals surface area contributed by atoms with Gasteiger partial charge in [0.25, 0.3) is 0 Å². The zero-order chi connectivity index (χ0) is 17.0. The standard InChI is InChI=1S/C16H24N4O3/c1-6-8-16(9-7-2)12-11(18-14(16)17-10(3)21)13(22-4)20-15(19-12)23-5/h6-9H2,1-5H3,(H,17,18,21). The summed E-state index contributed by atoms with van der Waals surface area (Å²) in [5, 5.41) is 2.88. The predicted molar refractivity (Wildman–Crippen MR) is 87.5 cm³/mol. The molecule has 1 aliphatic rings. The van der Waals surface area contributed by atoms with Gasteiger partial charge < -0.3 is 14.8 Å². The molecule has 0 spiro atoms. The van der Waals surface area contributed by atoms with Gasteiger partial charge in [-0.2, -0.15) is 9.97 Å². The molecule has 0 saturated carbocycles. The normalized spacial score (nSPS) is 14.9. The van der Waals surface area contributed by atoms with Crippen molar-refractivity contribution in [1.29, 1.82) is 0 Å². The molecular weight excluding hydrogens is 296 g/mol. The molecule has 1 amide bonds. The van der Waals surface area contributed by atoms with Gasteiger partial charge in [-0.05, 0) is 12.8 Å². The van der Waals surface area contributed by atoms with Gasteiger partial charge in [-0.1, -0.05) is 26.7 Å². The quantitative estimate of drug-likeness (QED) is 0.870. The molecule has 7 heteroatoms. The molecule has 1 aliphatic heterocycles. The summed E-state index contributed by atoms with van der Waals surface area (Å²) in [6.07, 6.45) is 3.53. The van der Waals surface area contributed by atoms with E-state index in [1.54, 1.807) is 0 Å². The van der Waals surface area contributed by atoms with E-state index in [2.05, 4.69) is 34.1 Å². The summed E-state index contributed by atoms with van der Waals surface area (Å²) in [5.41, 5.74) is 0.918. The van der Waals surface area contributed by atoms with E-state index in [-0.39, 0.29) is 11.9 Å². The number of hydrogen-bond acceptors (Lipinski definition) is 6. The zero-order valence-corrected chi connectivity index (χ0v) is 14.4. The monoisotopic (exact) mass is 320 g/mol. The summed E-state index contributed by atoms with van der Waals surface area (Å²) < 4.78 is 10.6. The lowest BCUT2D eigenvalue weighted by molar-refractivity contribution is -0.117. The SMILES string of the molecule is CCCC1(CCC)C(NC(C)=O)=Nc2c(OC)nc(OC)nc21. The Balaban J connectivity index is 2.67. The van der Waals surface area contributed by atoms with Crippen LogP contribution < -0.4 is 14.8 Å². The first-order valence-corrected chi connectivity index (χ1v) is 7.89. The molecule has 0 fully saturated rings. The van der Waals surface area contributed by atoms with Crippen LogP contribution in [-0.4, -0.2) is 35.9 Å². The van der Waals surface area contributed by atoms with Crippen LogP contribution in [0.25, 0.3) is 0 Å². The van der Waals surface area contributed by atoms with Gasteiger partial charge in [0.15, 0.2) is 0 Å². The lowest BCUT2D eigenvalue weighted by Gasteiger charge is -2.30. The molecule has 2 heterocycles. The van der Waals surface area contributed by atoms with Crippen LogP contribution in [0.5, 0.6) is 11.9 Å². The maximum absolute atomic E-state index is 11.6. The fourth-order valence-electron chi connectivity index (χ4n) is 3.18. The van der Waals surface area contributed by atoms with Crippen LogP contribution in [0.15, 0.2) is 4.99 Å². The average Bonchev–Trinajstić information content (AvgIpc) is 2.80. The first-order chi connectivity index (χ1) is 11.0. The van der Waals surface area contributed by atoms with E-state index in [9.17, 15) is 4.79 Å². The van der Waals surface area contributed by atoms with Crippen molar-refractivity contribution in [3.8, 4) is 11.9 Å². The van der Waals surface area contributed by atoms with Crippen LogP contribution in [0.1, 0.15) is 52.1 Å². The number of nitrogens with one attached hydrogen (secondary N) is 1. The highest BCUT2D eigenvalue weighted by Gasteiger charge is 2.46. The molecule has 0 bridgehead atoms. The van der Waals surface area contributed by atoms with Crippen molar-refractivity contribution in [1.82, 2.24) is 15.3 Å². The highest BCUT2D eigenvalue weighted by atomic mass is 16.5. The van der Waals surface area contributed by atoms with Gasteiger partial charge in [-0.3, -0.25) is 4.79 Å². The van der Waals surface area contributed by atoms with E-state index in [4.69, 9.17) is 9.47 Å². The summed E-state index contributed by atoms with van der Waals surface area (Å²) in [6.45, 7) is 5.70. The van der Waals surface area contributed by atoms with Crippen LogP contribution in [-0.2, 0) is 10.2 Å². The molecule has 126 valence electrons. The molecule has 0 unspecified atom stereocenters. The van der Waals surface area contributed by atoms with Crippen molar-refractivity contribution in [3.63, 3.8) is 0 Å². The minimum absolute atomic E-state index is 0.146. The van der Waals surface area contributed by atoms with Gasteiger partial charge in [0.2, 0.25) is 11.8 Å². The van der Waals surface area contributed by atoms with Crippen LogP contribution in [0.2, 0.25) is 0 Å². The summed E-state index contributed by atoms with van der Waals surface area (Å²) >= 11 is 0. The van der Waals surface area contributed by atoms with Gasteiger partial charge in [-0.15, -0.1) is 0 Å². The molecule has 0 saturated heterocycles. The second kappa shape index (κ2) is 6.93. The number of nitrogens with zero attached hydrogens (tertiary/aromatic N) is 3. The second-order valence-electron chi connectivity index (χ2n) is 5.64. The van der Waals surface area contributed by atoms with Crippen molar-refractivity contribution in [2.24, 2.45) is 4.99 Å². The molecule has 0 radical (unpaired) electrons. The summed E-state index contributed by atoms with van der Waals surface area (Å²) in [6, 6.07) is 0.247. The number of aliphatic imine (C=N–C) groups is 1. The summed E-state index contributed by atoms with van der Waals surface area (Å²) in [7, 11) is 3.06. The Morgan fingerprint density at radius 2 is 1.78 bits per heavy atom. The molecule has 1 N–H and O–H groups in total. The molecular formula is C16H24N4O3. The van der Waals surface area contributed by atoms with E-state index in [1.807, 2.05) is 0 Å². The van der Waals surface area contributed by atoms with Gasteiger partial charge in [0.1, 0.15) is 11.5 Å². The van der Waals surface area contributed by atoms with E-state index in [1.165, 1.54) is 21.1 Å². The molecule has 0 aromatic carbocycles. The highest BCUT2D eigenvalue weighted by molar-refractivity contribution is 6.07. The Hall–Kier alpha value is -2.18. The minimum atomic E-state index is -0.437. The van der Waals surface area contributed by atoms with Crippen LogP contribution in [0.4, 0.5) is 5.69 Å². The topological polar surface area (TPSA) is 85.7 Å². The molecule has 7 nitrogen and oxygen atoms in total. The number of fused-ring (bicyclic) bond motifs is 1. The van der Waals surface area contributed by atoms with Crippen molar-refractivity contribution in [2.75, 3.05) is 14.2 Å². The van der Waals surface area contributed by atoms with Gasteiger partial charge in [-0.25, -0.2) is 4.99 Å². The molecule has 23 heavy (non-hydrogen) atoms. The minimum Gasteiger partial charge on any atom is -0.479 e. The Morgan fingerprint density at radius 1 is 1.13 bits per heavy atom. The number of amides is 1. The third-order valence-electron chi connectivity index (χ3n) is 3.99. The molecule has 2 rings (SSSR count). The number of carbonyl (C=O) groups is 1. The van der Waals surface area contributed by atoms with E-state index in [0.717, 1.165) is 31.4 Å². The second-order valence-corrected chi connectivity index (χ2v) is 5.64. The Labute approximate surface area is 136 Å². The van der Waals surface area contributed by atoms with Gasteiger partial charge >= 0.3 is 6.01 Å². The molecule has 0 aliphatic carbocycles. The van der Waals surface area contributed by atoms with Crippen LogP contribution in [0, 0.1) is 0 Å². The third-order valence-corrected chi connectivity index (χ3v) is 3.99. The Kier molecular flexibility index (Phi) is 5.18. The van der Waals surface area contributed by atoms with E-state index >= 15 is 0 Å². The number of aromatic nitrogens is 2. The molecule has 1 aromatic rings.